The second-order valence-corrected chi connectivity index (χ2v) is 3.60. The molecule has 0 bridgehead atoms. The molecule has 0 atom stereocenters. The SMILES string of the molecule is CCOc1cc(C=NO)cc(Cl)c1OCC(=O)O. The van der Waals surface area contributed by atoms with Crippen molar-refractivity contribution in [2.45, 2.75) is 6.92 Å². The van der Waals surface area contributed by atoms with Crippen molar-refractivity contribution in [3.05, 3.63) is 22.7 Å². The van der Waals surface area contributed by atoms with Gasteiger partial charge in [0.2, 0.25) is 0 Å². The fraction of sp³-hybridized carbons (Fsp3) is 0.273. The first kappa shape index (κ1) is 14.1. The van der Waals surface area contributed by atoms with Crippen molar-refractivity contribution in [2.75, 3.05) is 13.2 Å². The summed E-state index contributed by atoms with van der Waals surface area (Å²) in [6, 6.07) is 3.01. The molecule has 0 aliphatic heterocycles. The molecule has 0 saturated heterocycles. The maximum absolute atomic E-state index is 10.5. The molecule has 98 valence electrons. The Morgan fingerprint density at radius 2 is 2.22 bits per heavy atom. The van der Waals surface area contributed by atoms with E-state index in [1.54, 1.807) is 6.92 Å². The number of rotatable bonds is 6. The van der Waals surface area contributed by atoms with Gasteiger partial charge >= 0.3 is 5.97 Å². The van der Waals surface area contributed by atoms with Crippen LogP contribution in [0.1, 0.15) is 12.5 Å². The Morgan fingerprint density at radius 3 is 2.78 bits per heavy atom. The molecule has 0 spiro atoms. The molecule has 7 heteroatoms. The largest absolute Gasteiger partial charge is 0.490 e. The molecule has 0 aliphatic rings. The quantitative estimate of drug-likeness (QED) is 0.470. The summed E-state index contributed by atoms with van der Waals surface area (Å²) in [5, 5.41) is 20.1. The van der Waals surface area contributed by atoms with Gasteiger partial charge in [0.05, 0.1) is 17.8 Å². The lowest BCUT2D eigenvalue weighted by atomic mass is 10.2. The summed E-state index contributed by atoms with van der Waals surface area (Å²) in [4.78, 5) is 10.5. The van der Waals surface area contributed by atoms with Crippen LogP contribution in [0, 0.1) is 0 Å². The maximum atomic E-state index is 10.5. The Kier molecular flexibility index (Phi) is 5.26. The van der Waals surface area contributed by atoms with E-state index < -0.39 is 12.6 Å². The van der Waals surface area contributed by atoms with Crippen LogP contribution in [0.4, 0.5) is 0 Å². The Labute approximate surface area is 108 Å². The minimum absolute atomic E-state index is 0.149. The van der Waals surface area contributed by atoms with Crippen molar-refractivity contribution in [3.63, 3.8) is 0 Å². The molecule has 0 amide bonds. The first-order valence-corrected chi connectivity index (χ1v) is 5.44. The lowest BCUT2D eigenvalue weighted by Crippen LogP contribution is -2.11. The molecule has 1 rings (SSSR count). The van der Waals surface area contributed by atoms with E-state index >= 15 is 0 Å². The minimum Gasteiger partial charge on any atom is -0.490 e. The summed E-state index contributed by atoms with van der Waals surface area (Å²) >= 11 is 5.95. The monoisotopic (exact) mass is 273 g/mol. The van der Waals surface area contributed by atoms with Crippen molar-refractivity contribution in [1.29, 1.82) is 0 Å². The summed E-state index contributed by atoms with van der Waals surface area (Å²) in [5.74, 6) is -0.674. The van der Waals surface area contributed by atoms with Crippen LogP contribution in [-0.2, 0) is 4.79 Å². The number of carboxylic acids is 1. The normalized spacial score (nSPS) is 10.6. The summed E-state index contributed by atoms with van der Waals surface area (Å²) in [7, 11) is 0. The molecule has 2 N–H and O–H groups in total. The summed E-state index contributed by atoms with van der Waals surface area (Å²) in [5.41, 5.74) is 0.508. The van der Waals surface area contributed by atoms with Gasteiger partial charge in [0.25, 0.3) is 0 Å². The Bertz CT molecular complexity index is 461. The number of hydrogen-bond donors (Lipinski definition) is 2. The van der Waals surface area contributed by atoms with Gasteiger partial charge in [0.15, 0.2) is 18.1 Å². The van der Waals surface area contributed by atoms with Crippen molar-refractivity contribution < 1.29 is 24.6 Å². The van der Waals surface area contributed by atoms with Crippen LogP contribution in [0.5, 0.6) is 11.5 Å². The fourth-order valence-electron chi connectivity index (χ4n) is 1.27. The highest BCUT2D eigenvalue weighted by atomic mass is 35.5. The third-order valence-corrected chi connectivity index (χ3v) is 2.16. The number of halogens is 1. The Morgan fingerprint density at radius 1 is 1.50 bits per heavy atom. The smallest absolute Gasteiger partial charge is 0.341 e. The summed E-state index contributed by atoms with van der Waals surface area (Å²) < 4.78 is 10.3. The number of nitrogens with zero attached hydrogens (tertiary/aromatic N) is 1. The van der Waals surface area contributed by atoms with E-state index in [4.69, 9.17) is 31.4 Å². The number of oxime groups is 1. The molecule has 0 aliphatic carbocycles. The van der Waals surface area contributed by atoms with Crippen molar-refractivity contribution in [3.8, 4) is 11.5 Å². The molecular formula is C11H12ClNO5. The number of benzene rings is 1. The van der Waals surface area contributed by atoms with Crippen LogP contribution in [0.3, 0.4) is 0 Å². The zero-order chi connectivity index (χ0) is 13.5. The second kappa shape index (κ2) is 6.70. The van der Waals surface area contributed by atoms with E-state index in [0.29, 0.717) is 17.9 Å². The number of carbonyl (C=O) groups is 1. The van der Waals surface area contributed by atoms with Crippen LogP contribution in [-0.4, -0.2) is 35.7 Å². The first-order chi connectivity index (χ1) is 8.58. The average Bonchev–Trinajstić information content (AvgIpc) is 2.28. The number of carboxylic acid groups (broad SMARTS) is 1. The molecule has 18 heavy (non-hydrogen) atoms. The number of aliphatic carboxylic acids is 1. The van der Waals surface area contributed by atoms with E-state index in [2.05, 4.69) is 5.16 Å². The van der Waals surface area contributed by atoms with Gasteiger partial charge in [-0.15, -0.1) is 0 Å². The van der Waals surface area contributed by atoms with Crippen LogP contribution in [0.15, 0.2) is 17.3 Å². The third-order valence-electron chi connectivity index (χ3n) is 1.88. The van der Waals surface area contributed by atoms with Gasteiger partial charge in [-0.3, -0.25) is 0 Å². The summed E-state index contributed by atoms with van der Waals surface area (Å²) in [6.07, 6.45) is 1.18. The lowest BCUT2D eigenvalue weighted by Gasteiger charge is -2.12. The van der Waals surface area contributed by atoms with Crippen molar-refractivity contribution >= 4 is 23.8 Å². The van der Waals surface area contributed by atoms with E-state index in [1.807, 2.05) is 0 Å². The maximum Gasteiger partial charge on any atom is 0.341 e. The highest BCUT2D eigenvalue weighted by Crippen LogP contribution is 2.36. The summed E-state index contributed by atoms with van der Waals surface area (Å²) in [6.45, 7) is 1.61. The molecule has 0 unspecified atom stereocenters. The Balaban J connectivity index is 3.09. The van der Waals surface area contributed by atoms with E-state index in [0.717, 1.165) is 0 Å². The van der Waals surface area contributed by atoms with E-state index in [-0.39, 0.29) is 10.8 Å². The lowest BCUT2D eigenvalue weighted by molar-refractivity contribution is -0.139. The van der Waals surface area contributed by atoms with Crippen LogP contribution >= 0.6 is 11.6 Å². The highest BCUT2D eigenvalue weighted by molar-refractivity contribution is 6.32. The van der Waals surface area contributed by atoms with Crippen LogP contribution in [0.2, 0.25) is 5.02 Å². The zero-order valence-electron chi connectivity index (χ0n) is 9.59. The third kappa shape index (κ3) is 3.81. The minimum atomic E-state index is -1.12. The molecular weight excluding hydrogens is 262 g/mol. The van der Waals surface area contributed by atoms with Gasteiger partial charge in [-0.2, -0.15) is 0 Å². The number of hydrogen-bond acceptors (Lipinski definition) is 5. The topological polar surface area (TPSA) is 88.4 Å². The molecule has 0 aromatic heterocycles. The van der Waals surface area contributed by atoms with Crippen molar-refractivity contribution in [2.24, 2.45) is 5.16 Å². The molecule has 0 heterocycles. The molecule has 1 aromatic carbocycles. The highest BCUT2D eigenvalue weighted by Gasteiger charge is 2.13. The first-order valence-electron chi connectivity index (χ1n) is 5.06. The second-order valence-electron chi connectivity index (χ2n) is 3.19. The molecule has 0 radical (unpaired) electrons. The number of ether oxygens (including phenoxy) is 2. The van der Waals surface area contributed by atoms with E-state index in [1.165, 1.54) is 18.3 Å². The van der Waals surface area contributed by atoms with Gasteiger partial charge in [-0.05, 0) is 19.1 Å². The molecule has 6 nitrogen and oxygen atoms in total. The Hall–Kier alpha value is -1.95. The van der Waals surface area contributed by atoms with E-state index in [9.17, 15) is 4.79 Å². The standard InChI is InChI=1S/C11H12ClNO5/c1-2-17-9-4-7(5-13-16)3-8(12)11(9)18-6-10(14)15/h3-5,16H,2,6H2,1H3,(H,14,15). The van der Waals surface area contributed by atoms with Gasteiger partial charge in [-0.1, -0.05) is 16.8 Å². The van der Waals surface area contributed by atoms with Crippen LogP contribution < -0.4 is 9.47 Å². The zero-order valence-corrected chi connectivity index (χ0v) is 10.3. The molecule has 0 fully saturated rings. The van der Waals surface area contributed by atoms with Gasteiger partial charge < -0.3 is 19.8 Å². The molecule has 1 aromatic rings. The van der Waals surface area contributed by atoms with Gasteiger partial charge in [0, 0.05) is 5.56 Å². The van der Waals surface area contributed by atoms with Crippen LogP contribution in [0.25, 0.3) is 0 Å². The van der Waals surface area contributed by atoms with Gasteiger partial charge in [-0.25, -0.2) is 4.79 Å². The fourth-order valence-corrected chi connectivity index (χ4v) is 1.54. The predicted molar refractivity (Wildman–Crippen MR) is 65.1 cm³/mol. The average molecular weight is 274 g/mol. The predicted octanol–water partition coefficient (Wildman–Crippen LogP) is 2.01. The van der Waals surface area contributed by atoms with Gasteiger partial charge in [0.1, 0.15) is 0 Å². The molecule has 0 saturated carbocycles. The van der Waals surface area contributed by atoms with Crippen molar-refractivity contribution in [1.82, 2.24) is 0 Å².